The Morgan fingerprint density at radius 1 is 1.45 bits per heavy atom. The third-order valence-corrected chi connectivity index (χ3v) is 3.09. The first-order chi connectivity index (χ1) is 9.70. The van der Waals surface area contributed by atoms with Crippen molar-refractivity contribution in [1.29, 1.82) is 0 Å². The first-order valence-corrected chi connectivity index (χ1v) is 7.00. The van der Waals surface area contributed by atoms with Crippen molar-refractivity contribution >= 4 is 5.97 Å². The smallest absolute Gasteiger partial charge is 0.323 e. The van der Waals surface area contributed by atoms with Crippen molar-refractivity contribution in [2.75, 3.05) is 13.2 Å². The summed E-state index contributed by atoms with van der Waals surface area (Å²) in [6.07, 6.45) is 2.64. The summed E-state index contributed by atoms with van der Waals surface area (Å²) in [5, 5.41) is 3.23. The molecule has 1 atom stereocenters. The summed E-state index contributed by atoms with van der Waals surface area (Å²) >= 11 is 0. The van der Waals surface area contributed by atoms with Crippen molar-refractivity contribution in [3.63, 3.8) is 0 Å². The number of ether oxygens (including phenoxy) is 2. The van der Waals surface area contributed by atoms with E-state index in [0.29, 0.717) is 19.1 Å². The fraction of sp³-hybridized carbons (Fsp3) is 0.533. The lowest BCUT2D eigenvalue weighted by atomic mass is 10.2. The first kappa shape index (κ1) is 14.8. The molecule has 0 radical (unpaired) electrons. The van der Waals surface area contributed by atoms with E-state index in [1.54, 1.807) is 25.1 Å². The van der Waals surface area contributed by atoms with Gasteiger partial charge in [0.05, 0.1) is 13.2 Å². The monoisotopic (exact) mass is 281 g/mol. The molecule has 0 saturated heterocycles. The van der Waals surface area contributed by atoms with Crippen LogP contribution in [0.2, 0.25) is 0 Å². The maximum absolute atomic E-state index is 13.4. The zero-order valence-corrected chi connectivity index (χ0v) is 11.6. The molecule has 4 nitrogen and oxygen atoms in total. The fourth-order valence-electron chi connectivity index (χ4n) is 1.90. The molecule has 0 bridgehead atoms. The minimum absolute atomic E-state index is 0.210. The van der Waals surface area contributed by atoms with Crippen LogP contribution >= 0.6 is 0 Å². The Morgan fingerprint density at radius 3 is 2.85 bits per heavy atom. The average molecular weight is 281 g/mol. The SMILES string of the molecule is CCOC(=O)C(CCOc1ccccc1F)NC1CC1. The second-order valence-electron chi connectivity index (χ2n) is 4.81. The van der Waals surface area contributed by atoms with E-state index >= 15 is 0 Å². The van der Waals surface area contributed by atoms with Crippen LogP contribution in [0.5, 0.6) is 5.75 Å². The van der Waals surface area contributed by atoms with E-state index in [1.165, 1.54) is 6.07 Å². The number of hydrogen-bond donors (Lipinski definition) is 1. The predicted octanol–water partition coefficient (Wildman–Crippen LogP) is 2.28. The second-order valence-corrected chi connectivity index (χ2v) is 4.81. The van der Waals surface area contributed by atoms with E-state index < -0.39 is 5.82 Å². The summed E-state index contributed by atoms with van der Waals surface area (Å²) < 4.78 is 23.8. The topological polar surface area (TPSA) is 47.6 Å². The van der Waals surface area contributed by atoms with Crippen molar-refractivity contribution < 1.29 is 18.7 Å². The Hall–Kier alpha value is -1.62. The Kier molecular flexibility index (Phi) is 5.35. The van der Waals surface area contributed by atoms with Crippen LogP contribution in [0.4, 0.5) is 4.39 Å². The standard InChI is InChI=1S/C15H20FNO3/c1-2-19-15(18)13(17-11-7-8-11)9-10-20-14-6-4-3-5-12(14)16/h3-6,11,13,17H,2,7-10H2,1H3. The van der Waals surface area contributed by atoms with Gasteiger partial charge in [0.15, 0.2) is 11.6 Å². The van der Waals surface area contributed by atoms with Gasteiger partial charge in [-0.05, 0) is 31.9 Å². The minimum atomic E-state index is -0.393. The van der Waals surface area contributed by atoms with Crippen LogP contribution in [0.15, 0.2) is 24.3 Å². The largest absolute Gasteiger partial charge is 0.490 e. The summed E-state index contributed by atoms with van der Waals surface area (Å²) in [7, 11) is 0. The van der Waals surface area contributed by atoms with Gasteiger partial charge in [0.1, 0.15) is 6.04 Å². The quantitative estimate of drug-likeness (QED) is 0.743. The molecule has 1 aliphatic rings. The third-order valence-electron chi connectivity index (χ3n) is 3.09. The maximum atomic E-state index is 13.4. The van der Waals surface area contributed by atoms with E-state index in [1.807, 2.05) is 0 Å². The van der Waals surface area contributed by atoms with Gasteiger partial charge in [-0.15, -0.1) is 0 Å². The number of halogens is 1. The number of esters is 1. The molecule has 0 amide bonds. The van der Waals surface area contributed by atoms with Gasteiger partial charge >= 0.3 is 5.97 Å². The third kappa shape index (κ3) is 4.49. The van der Waals surface area contributed by atoms with Gasteiger partial charge in [-0.3, -0.25) is 4.79 Å². The molecule has 20 heavy (non-hydrogen) atoms. The van der Waals surface area contributed by atoms with Gasteiger partial charge in [0, 0.05) is 12.5 Å². The van der Waals surface area contributed by atoms with Crippen LogP contribution in [0.1, 0.15) is 26.2 Å². The summed E-state index contributed by atoms with van der Waals surface area (Å²) in [4.78, 5) is 11.8. The number of carbonyl (C=O) groups is 1. The number of hydrogen-bond acceptors (Lipinski definition) is 4. The maximum Gasteiger partial charge on any atom is 0.323 e. The van der Waals surface area contributed by atoms with Gasteiger partial charge < -0.3 is 14.8 Å². The molecule has 5 heteroatoms. The van der Waals surface area contributed by atoms with E-state index in [4.69, 9.17) is 9.47 Å². The highest BCUT2D eigenvalue weighted by atomic mass is 19.1. The Labute approximate surface area is 118 Å². The van der Waals surface area contributed by atoms with Crippen LogP contribution in [-0.4, -0.2) is 31.3 Å². The molecule has 1 N–H and O–H groups in total. The lowest BCUT2D eigenvalue weighted by Gasteiger charge is -2.17. The van der Waals surface area contributed by atoms with Crippen LogP contribution in [-0.2, 0) is 9.53 Å². The Balaban J connectivity index is 1.81. The molecule has 2 rings (SSSR count). The van der Waals surface area contributed by atoms with Crippen LogP contribution in [0.3, 0.4) is 0 Å². The predicted molar refractivity (Wildman–Crippen MR) is 73.1 cm³/mol. The van der Waals surface area contributed by atoms with Gasteiger partial charge in [0.25, 0.3) is 0 Å². The lowest BCUT2D eigenvalue weighted by molar-refractivity contribution is -0.146. The number of para-hydroxylation sites is 1. The average Bonchev–Trinajstić information content (AvgIpc) is 3.24. The van der Waals surface area contributed by atoms with Crippen LogP contribution < -0.4 is 10.1 Å². The number of nitrogens with one attached hydrogen (secondary N) is 1. The Morgan fingerprint density at radius 2 is 2.20 bits per heavy atom. The van der Waals surface area contributed by atoms with Crippen LogP contribution in [0, 0.1) is 5.82 Å². The van der Waals surface area contributed by atoms with E-state index in [2.05, 4.69) is 5.32 Å². The first-order valence-electron chi connectivity index (χ1n) is 7.00. The molecule has 1 saturated carbocycles. The van der Waals surface area contributed by atoms with Crippen molar-refractivity contribution in [1.82, 2.24) is 5.32 Å². The molecule has 110 valence electrons. The summed E-state index contributed by atoms with van der Waals surface area (Å²) in [6, 6.07) is 6.26. The molecular formula is C15H20FNO3. The molecule has 1 fully saturated rings. The summed E-state index contributed by atoms with van der Waals surface area (Å²) in [5.74, 6) is -0.451. The molecule has 1 aromatic rings. The van der Waals surface area contributed by atoms with E-state index in [-0.39, 0.29) is 24.4 Å². The highest BCUT2D eigenvalue weighted by Gasteiger charge is 2.29. The van der Waals surface area contributed by atoms with Crippen molar-refractivity contribution in [3.8, 4) is 5.75 Å². The zero-order chi connectivity index (χ0) is 14.4. The van der Waals surface area contributed by atoms with Crippen LogP contribution in [0.25, 0.3) is 0 Å². The summed E-state index contributed by atoms with van der Waals surface area (Å²) in [5.41, 5.74) is 0. The molecular weight excluding hydrogens is 261 g/mol. The van der Waals surface area contributed by atoms with E-state index in [9.17, 15) is 9.18 Å². The summed E-state index contributed by atoms with van der Waals surface area (Å²) in [6.45, 7) is 2.40. The highest BCUT2D eigenvalue weighted by Crippen LogP contribution is 2.21. The van der Waals surface area contributed by atoms with Gasteiger partial charge in [-0.2, -0.15) is 0 Å². The minimum Gasteiger partial charge on any atom is -0.490 e. The zero-order valence-electron chi connectivity index (χ0n) is 11.6. The van der Waals surface area contributed by atoms with Gasteiger partial charge in [-0.25, -0.2) is 4.39 Å². The second kappa shape index (κ2) is 7.24. The molecule has 1 aliphatic carbocycles. The molecule has 0 aliphatic heterocycles. The van der Waals surface area contributed by atoms with Crippen molar-refractivity contribution in [2.45, 2.75) is 38.3 Å². The van der Waals surface area contributed by atoms with Crippen molar-refractivity contribution in [3.05, 3.63) is 30.1 Å². The number of benzene rings is 1. The van der Waals surface area contributed by atoms with Gasteiger partial charge in [0.2, 0.25) is 0 Å². The number of carbonyl (C=O) groups excluding carboxylic acids is 1. The van der Waals surface area contributed by atoms with Gasteiger partial charge in [-0.1, -0.05) is 12.1 Å². The normalized spacial score (nSPS) is 15.7. The molecule has 0 spiro atoms. The van der Waals surface area contributed by atoms with Crippen molar-refractivity contribution in [2.24, 2.45) is 0 Å². The molecule has 0 heterocycles. The Bertz CT molecular complexity index is 448. The molecule has 1 unspecified atom stereocenters. The van der Waals surface area contributed by atoms with E-state index in [0.717, 1.165) is 12.8 Å². The lowest BCUT2D eigenvalue weighted by Crippen LogP contribution is -2.40. The molecule has 1 aromatic carbocycles. The highest BCUT2D eigenvalue weighted by molar-refractivity contribution is 5.75. The molecule has 0 aromatic heterocycles. The fourth-order valence-corrected chi connectivity index (χ4v) is 1.90. The number of rotatable bonds is 8.